The van der Waals surface area contributed by atoms with E-state index in [-0.39, 0.29) is 0 Å². The van der Waals surface area contributed by atoms with Gasteiger partial charge in [-0.05, 0) is 5.56 Å². The highest BCUT2D eigenvalue weighted by molar-refractivity contribution is 6.88. The van der Waals surface area contributed by atoms with Crippen LogP contribution in [0.3, 0.4) is 0 Å². The van der Waals surface area contributed by atoms with Crippen LogP contribution in [0.2, 0.25) is 19.6 Å². The first-order chi connectivity index (χ1) is 9.16. The van der Waals surface area contributed by atoms with E-state index < -0.39 is 19.8 Å². The van der Waals surface area contributed by atoms with Crippen molar-refractivity contribution in [2.45, 2.75) is 32.4 Å². The molecule has 0 aliphatic rings. The Hall–Kier alpha value is -1.56. The van der Waals surface area contributed by atoms with E-state index >= 15 is 0 Å². The van der Waals surface area contributed by atoms with Crippen LogP contribution in [0.4, 0.5) is 13.2 Å². The number of rotatable bonds is 3. The lowest BCUT2D eigenvalue weighted by Gasteiger charge is -2.16. The van der Waals surface area contributed by atoms with Crippen molar-refractivity contribution in [3.05, 3.63) is 47.8 Å². The van der Waals surface area contributed by atoms with Crippen molar-refractivity contribution in [2.24, 2.45) is 0 Å². The molecule has 1 aromatic carbocycles. The Bertz CT molecular complexity index is 580. The lowest BCUT2D eigenvalue weighted by Crippen LogP contribution is -2.37. The van der Waals surface area contributed by atoms with Crippen molar-refractivity contribution in [2.75, 3.05) is 0 Å². The largest absolute Gasteiger partial charge is 0.419 e. The second kappa shape index (κ2) is 5.09. The minimum Gasteiger partial charge on any atom is -0.268 e. The molecule has 2 rings (SSSR count). The van der Waals surface area contributed by atoms with Gasteiger partial charge in [0, 0.05) is 6.20 Å². The van der Waals surface area contributed by atoms with Crippen molar-refractivity contribution in [1.82, 2.24) is 9.78 Å². The molecule has 0 bridgehead atoms. The minimum absolute atomic E-state index is 0.349. The maximum Gasteiger partial charge on any atom is 0.419 e. The molecule has 1 aromatic heterocycles. The molecule has 0 spiro atoms. The number of benzene rings is 1. The standard InChI is InChI=1S/C14H17F3N2Si/c1-20(2,3)13-6-4-11(5-7-13)9-19-10-12(8-18-19)14(15,16)17/h4-8,10H,9H2,1-3H3. The normalized spacial score (nSPS) is 12.7. The first kappa shape index (κ1) is 14.8. The Labute approximate surface area is 117 Å². The molecule has 6 heteroatoms. The van der Waals surface area contributed by atoms with Crippen LogP contribution < -0.4 is 5.19 Å². The maximum absolute atomic E-state index is 12.5. The molecule has 0 radical (unpaired) electrons. The Kier molecular flexibility index (Phi) is 3.77. The van der Waals surface area contributed by atoms with Gasteiger partial charge in [-0.25, -0.2) is 0 Å². The Morgan fingerprint density at radius 2 is 1.70 bits per heavy atom. The molecular formula is C14H17F3N2Si. The Morgan fingerprint density at radius 1 is 1.10 bits per heavy atom. The average Bonchev–Trinajstić information content (AvgIpc) is 2.77. The van der Waals surface area contributed by atoms with Gasteiger partial charge >= 0.3 is 6.18 Å². The molecular weight excluding hydrogens is 281 g/mol. The summed E-state index contributed by atoms with van der Waals surface area (Å²) in [6.45, 7) is 7.11. The zero-order valence-electron chi connectivity index (χ0n) is 11.7. The molecule has 0 saturated carbocycles. The van der Waals surface area contributed by atoms with E-state index in [0.29, 0.717) is 6.54 Å². The van der Waals surface area contributed by atoms with Crippen molar-refractivity contribution >= 4 is 13.3 Å². The number of nitrogens with zero attached hydrogens (tertiary/aromatic N) is 2. The monoisotopic (exact) mass is 298 g/mol. The van der Waals surface area contributed by atoms with E-state index in [1.807, 2.05) is 12.1 Å². The topological polar surface area (TPSA) is 17.8 Å². The van der Waals surface area contributed by atoms with E-state index in [1.165, 1.54) is 9.87 Å². The molecule has 108 valence electrons. The van der Waals surface area contributed by atoms with E-state index in [4.69, 9.17) is 0 Å². The molecule has 0 saturated heterocycles. The Morgan fingerprint density at radius 3 is 2.15 bits per heavy atom. The van der Waals surface area contributed by atoms with Crippen LogP contribution >= 0.6 is 0 Å². The van der Waals surface area contributed by atoms with Crippen LogP contribution in [0.1, 0.15) is 11.1 Å². The third kappa shape index (κ3) is 3.50. The second-order valence-electron chi connectivity index (χ2n) is 5.87. The maximum atomic E-state index is 12.5. The third-order valence-corrected chi connectivity index (χ3v) is 5.19. The molecule has 0 fully saturated rings. The predicted molar refractivity (Wildman–Crippen MR) is 75.8 cm³/mol. The highest BCUT2D eigenvalue weighted by Crippen LogP contribution is 2.28. The SMILES string of the molecule is C[Si](C)(C)c1ccc(Cn2cc(C(F)(F)F)cn2)cc1. The number of halogens is 3. The fraction of sp³-hybridized carbons (Fsp3) is 0.357. The summed E-state index contributed by atoms with van der Waals surface area (Å²) < 4.78 is 38.7. The lowest BCUT2D eigenvalue weighted by molar-refractivity contribution is -0.137. The minimum atomic E-state index is -4.33. The number of alkyl halides is 3. The molecule has 0 aliphatic heterocycles. The van der Waals surface area contributed by atoms with Crippen molar-refractivity contribution < 1.29 is 13.2 Å². The third-order valence-electron chi connectivity index (χ3n) is 3.13. The van der Waals surface area contributed by atoms with E-state index in [9.17, 15) is 13.2 Å². The zero-order valence-corrected chi connectivity index (χ0v) is 12.7. The number of aromatic nitrogens is 2. The molecule has 2 aromatic rings. The molecule has 0 N–H and O–H groups in total. The van der Waals surface area contributed by atoms with E-state index in [2.05, 4.69) is 36.9 Å². The van der Waals surface area contributed by atoms with Crippen molar-refractivity contribution in [3.8, 4) is 0 Å². The number of hydrogen-bond donors (Lipinski definition) is 0. The summed E-state index contributed by atoms with van der Waals surface area (Å²) in [7, 11) is -1.34. The summed E-state index contributed by atoms with van der Waals surface area (Å²) in [5.74, 6) is 0. The molecule has 0 aliphatic carbocycles. The summed E-state index contributed by atoms with van der Waals surface area (Å²) >= 11 is 0. The van der Waals surface area contributed by atoms with Crippen LogP contribution in [0.15, 0.2) is 36.7 Å². The van der Waals surface area contributed by atoms with Crippen LogP contribution in [0.25, 0.3) is 0 Å². The first-order valence-electron chi connectivity index (χ1n) is 6.35. The first-order valence-corrected chi connectivity index (χ1v) is 9.85. The van der Waals surface area contributed by atoms with Crippen LogP contribution in [-0.4, -0.2) is 17.9 Å². The van der Waals surface area contributed by atoms with Gasteiger partial charge in [0.05, 0.1) is 26.4 Å². The van der Waals surface area contributed by atoms with Gasteiger partial charge in [-0.3, -0.25) is 4.68 Å². The van der Waals surface area contributed by atoms with Gasteiger partial charge in [0.2, 0.25) is 0 Å². The van der Waals surface area contributed by atoms with Gasteiger partial charge in [-0.2, -0.15) is 18.3 Å². The summed E-state index contributed by atoms with van der Waals surface area (Å²) in [5, 5.41) is 5.09. The van der Waals surface area contributed by atoms with Gasteiger partial charge < -0.3 is 0 Å². The summed E-state index contributed by atoms with van der Waals surface area (Å²) in [4.78, 5) is 0. The molecule has 2 nitrogen and oxygen atoms in total. The quantitative estimate of drug-likeness (QED) is 0.793. The van der Waals surface area contributed by atoms with Crippen LogP contribution in [0, 0.1) is 0 Å². The van der Waals surface area contributed by atoms with Gasteiger partial charge in [0.15, 0.2) is 0 Å². The molecule has 20 heavy (non-hydrogen) atoms. The highest BCUT2D eigenvalue weighted by Gasteiger charge is 2.32. The summed E-state index contributed by atoms with van der Waals surface area (Å²) in [5.41, 5.74) is 0.236. The summed E-state index contributed by atoms with van der Waals surface area (Å²) in [6, 6.07) is 8.05. The van der Waals surface area contributed by atoms with Crippen LogP contribution in [0.5, 0.6) is 0 Å². The highest BCUT2D eigenvalue weighted by atomic mass is 28.3. The number of hydrogen-bond acceptors (Lipinski definition) is 1. The van der Waals surface area contributed by atoms with Gasteiger partial charge in [-0.15, -0.1) is 0 Å². The molecule has 1 heterocycles. The second-order valence-corrected chi connectivity index (χ2v) is 10.9. The average molecular weight is 298 g/mol. The van der Waals surface area contributed by atoms with E-state index in [0.717, 1.165) is 18.0 Å². The fourth-order valence-corrected chi connectivity index (χ4v) is 3.06. The van der Waals surface area contributed by atoms with Gasteiger partial charge in [0.1, 0.15) is 0 Å². The smallest absolute Gasteiger partial charge is 0.268 e. The van der Waals surface area contributed by atoms with Gasteiger partial charge in [0.25, 0.3) is 0 Å². The summed E-state index contributed by atoms with van der Waals surface area (Å²) in [6.07, 6.45) is -2.44. The zero-order chi connectivity index (χ0) is 15.0. The molecule has 0 unspecified atom stereocenters. The van der Waals surface area contributed by atoms with Crippen molar-refractivity contribution in [3.63, 3.8) is 0 Å². The van der Waals surface area contributed by atoms with E-state index in [1.54, 1.807) is 0 Å². The Balaban J connectivity index is 2.13. The molecule has 0 atom stereocenters. The lowest BCUT2D eigenvalue weighted by atomic mass is 10.2. The van der Waals surface area contributed by atoms with Gasteiger partial charge in [-0.1, -0.05) is 49.1 Å². The fourth-order valence-electron chi connectivity index (χ4n) is 1.89. The molecule has 0 amide bonds. The van der Waals surface area contributed by atoms with Crippen molar-refractivity contribution in [1.29, 1.82) is 0 Å². The predicted octanol–water partition coefficient (Wildman–Crippen LogP) is 3.50. The van der Waals surface area contributed by atoms with Crippen LogP contribution in [-0.2, 0) is 12.7 Å².